The van der Waals surface area contributed by atoms with Crippen LogP contribution in [0, 0.1) is 5.82 Å². The fourth-order valence-corrected chi connectivity index (χ4v) is 3.68. The number of H-pyrrole nitrogens is 1. The van der Waals surface area contributed by atoms with Gasteiger partial charge in [-0.2, -0.15) is 0 Å². The predicted molar refractivity (Wildman–Crippen MR) is 113 cm³/mol. The van der Waals surface area contributed by atoms with Crippen molar-refractivity contribution in [3.05, 3.63) is 78.2 Å². The Hall–Kier alpha value is -3.19. The summed E-state index contributed by atoms with van der Waals surface area (Å²) in [4.78, 5) is 15.3. The molecule has 2 N–H and O–H groups in total. The van der Waals surface area contributed by atoms with Crippen molar-refractivity contribution in [1.82, 2.24) is 20.5 Å². The Balaban J connectivity index is 1.24. The second kappa shape index (κ2) is 8.87. The summed E-state index contributed by atoms with van der Waals surface area (Å²) in [5.41, 5.74) is 3.76. The number of para-hydroxylation sites is 1. The van der Waals surface area contributed by atoms with Crippen LogP contribution in [0.4, 0.5) is 4.39 Å². The molecule has 7 heteroatoms. The first kappa shape index (κ1) is 19.1. The van der Waals surface area contributed by atoms with Gasteiger partial charge >= 0.3 is 0 Å². The van der Waals surface area contributed by atoms with E-state index in [1.54, 1.807) is 12.1 Å². The number of halogens is 1. The summed E-state index contributed by atoms with van der Waals surface area (Å²) in [6, 6.07) is 17.9. The number of carbonyl (C=O) groups is 1. The van der Waals surface area contributed by atoms with Crippen molar-refractivity contribution in [2.24, 2.45) is 0 Å². The number of nitrogens with zero attached hydrogens (tertiary/aromatic N) is 2. The SMILES string of the molecule is O=C(CSc1ccc(-c2ccc(F)cc2)nn1)NCCc1c[nH]c2ccccc12. The van der Waals surface area contributed by atoms with Gasteiger partial charge in [0.1, 0.15) is 10.8 Å². The van der Waals surface area contributed by atoms with Crippen LogP contribution in [-0.2, 0) is 11.2 Å². The molecule has 29 heavy (non-hydrogen) atoms. The lowest BCUT2D eigenvalue weighted by atomic mass is 10.1. The van der Waals surface area contributed by atoms with Crippen molar-refractivity contribution in [3.63, 3.8) is 0 Å². The van der Waals surface area contributed by atoms with Crippen LogP contribution in [0.1, 0.15) is 5.56 Å². The van der Waals surface area contributed by atoms with Gasteiger partial charge in [-0.15, -0.1) is 10.2 Å². The summed E-state index contributed by atoms with van der Waals surface area (Å²) >= 11 is 1.33. The summed E-state index contributed by atoms with van der Waals surface area (Å²) in [6.07, 6.45) is 2.76. The van der Waals surface area contributed by atoms with Crippen LogP contribution in [0.2, 0.25) is 0 Å². The Morgan fingerprint density at radius 3 is 2.66 bits per heavy atom. The van der Waals surface area contributed by atoms with Gasteiger partial charge in [0, 0.05) is 29.2 Å². The normalized spacial score (nSPS) is 10.9. The number of thioether (sulfide) groups is 1. The highest BCUT2D eigenvalue weighted by Crippen LogP contribution is 2.20. The molecule has 2 aromatic heterocycles. The molecule has 0 fully saturated rings. The number of nitrogens with one attached hydrogen (secondary N) is 2. The molecular weight excluding hydrogens is 387 g/mol. The first-order valence-corrected chi connectivity index (χ1v) is 10.2. The zero-order valence-corrected chi connectivity index (χ0v) is 16.4. The fraction of sp³-hybridized carbons (Fsp3) is 0.136. The number of fused-ring (bicyclic) bond motifs is 1. The van der Waals surface area contributed by atoms with E-state index in [4.69, 9.17) is 0 Å². The monoisotopic (exact) mass is 406 g/mol. The highest BCUT2D eigenvalue weighted by atomic mass is 32.2. The highest BCUT2D eigenvalue weighted by Gasteiger charge is 2.07. The van der Waals surface area contributed by atoms with E-state index in [0.717, 1.165) is 17.5 Å². The number of benzene rings is 2. The zero-order valence-electron chi connectivity index (χ0n) is 15.6. The summed E-state index contributed by atoms with van der Waals surface area (Å²) in [5, 5.41) is 13.1. The van der Waals surface area contributed by atoms with E-state index in [-0.39, 0.29) is 17.5 Å². The lowest BCUT2D eigenvalue weighted by Gasteiger charge is -2.05. The van der Waals surface area contributed by atoms with Crippen molar-refractivity contribution in [1.29, 1.82) is 0 Å². The lowest BCUT2D eigenvalue weighted by molar-refractivity contribution is -0.118. The third kappa shape index (κ3) is 4.81. The number of carbonyl (C=O) groups excluding carboxylic acids is 1. The molecule has 4 rings (SSSR count). The van der Waals surface area contributed by atoms with Gasteiger partial charge < -0.3 is 10.3 Å². The number of hydrogen-bond donors (Lipinski definition) is 2. The molecule has 0 aliphatic heterocycles. The third-order valence-electron chi connectivity index (χ3n) is 4.52. The average Bonchev–Trinajstić information content (AvgIpc) is 3.16. The number of hydrogen-bond acceptors (Lipinski definition) is 4. The second-order valence-corrected chi connectivity index (χ2v) is 7.51. The summed E-state index contributed by atoms with van der Waals surface area (Å²) < 4.78 is 13.0. The van der Waals surface area contributed by atoms with E-state index in [9.17, 15) is 9.18 Å². The van der Waals surface area contributed by atoms with Crippen molar-refractivity contribution >= 4 is 28.6 Å². The number of amides is 1. The van der Waals surface area contributed by atoms with Crippen LogP contribution < -0.4 is 5.32 Å². The van der Waals surface area contributed by atoms with Crippen LogP contribution in [0.15, 0.2) is 71.9 Å². The van der Waals surface area contributed by atoms with Crippen molar-refractivity contribution in [2.45, 2.75) is 11.4 Å². The minimum Gasteiger partial charge on any atom is -0.361 e. The van der Waals surface area contributed by atoms with E-state index in [2.05, 4.69) is 26.6 Å². The number of aromatic amines is 1. The summed E-state index contributed by atoms with van der Waals surface area (Å²) in [7, 11) is 0. The number of aromatic nitrogens is 3. The molecule has 0 aliphatic carbocycles. The predicted octanol–water partition coefficient (Wildman–Crippen LogP) is 4.22. The van der Waals surface area contributed by atoms with E-state index in [0.29, 0.717) is 17.3 Å². The van der Waals surface area contributed by atoms with Gasteiger partial charge in [0.05, 0.1) is 11.4 Å². The minimum atomic E-state index is -0.287. The molecule has 0 unspecified atom stereocenters. The van der Waals surface area contributed by atoms with Gasteiger partial charge in [-0.05, 0) is 54.4 Å². The molecule has 1 amide bonds. The smallest absolute Gasteiger partial charge is 0.230 e. The van der Waals surface area contributed by atoms with Gasteiger partial charge in [0.15, 0.2) is 0 Å². The Bertz CT molecular complexity index is 1110. The van der Waals surface area contributed by atoms with E-state index < -0.39 is 0 Å². The molecule has 2 heterocycles. The standard InChI is InChI=1S/C22H19FN4OS/c23-17-7-5-15(6-8-17)19-9-10-22(27-26-19)29-14-21(28)24-12-11-16-13-25-20-4-2-1-3-18(16)20/h1-10,13,25H,11-12,14H2,(H,24,28). The van der Waals surface area contributed by atoms with Crippen LogP contribution in [0.5, 0.6) is 0 Å². The maximum Gasteiger partial charge on any atom is 0.230 e. The number of rotatable bonds is 7. The van der Waals surface area contributed by atoms with Crippen LogP contribution in [-0.4, -0.2) is 33.4 Å². The van der Waals surface area contributed by atoms with E-state index in [1.165, 1.54) is 34.8 Å². The zero-order chi connectivity index (χ0) is 20.1. The molecule has 2 aromatic carbocycles. The summed E-state index contributed by atoms with van der Waals surface area (Å²) in [5.74, 6) is -0.0535. The Kier molecular flexibility index (Phi) is 5.86. The van der Waals surface area contributed by atoms with Gasteiger partial charge in [0.2, 0.25) is 5.91 Å². The maximum absolute atomic E-state index is 13.0. The van der Waals surface area contributed by atoms with Crippen molar-refractivity contribution < 1.29 is 9.18 Å². The first-order valence-electron chi connectivity index (χ1n) is 9.23. The van der Waals surface area contributed by atoms with Gasteiger partial charge in [-0.3, -0.25) is 4.79 Å². The lowest BCUT2D eigenvalue weighted by Crippen LogP contribution is -2.27. The third-order valence-corrected chi connectivity index (χ3v) is 5.44. The molecule has 0 aliphatic rings. The molecule has 146 valence electrons. The first-order chi connectivity index (χ1) is 14.2. The van der Waals surface area contributed by atoms with Gasteiger partial charge in [-0.25, -0.2) is 4.39 Å². The van der Waals surface area contributed by atoms with Crippen molar-refractivity contribution in [2.75, 3.05) is 12.3 Å². The fourth-order valence-electron chi connectivity index (χ4n) is 3.04. The van der Waals surface area contributed by atoms with Crippen LogP contribution >= 0.6 is 11.8 Å². The molecule has 5 nitrogen and oxygen atoms in total. The molecule has 0 radical (unpaired) electrons. The molecule has 0 atom stereocenters. The quantitative estimate of drug-likeness (QED) is 0.451. The van der Waals surface area contributed by atoms with Gasteiger partial charge in [-0.1, -0.05) is 30.0 Å². The summed E-state index contributed by atoms with van der Waals surface area (Å²) in [6.45, 7) is 0.580. The van der Waals surface area contributed by atoms with E-state index in [1.807, 2.05) is 36.5 Å². The van der Waals surface area contributed by atoms with Crippen LogP contribution in [0.25, 0.3) is 22.2 Å². The van der Waals surface area contributed by atoms with Crippen LogP contribution in [0.3, 0.4) is 0 Å². The second-order valence-electron chi connectivity index (χ2n) is 6.51. The highest BCUT2D eigenvalue weighted by molar-refractivity contribution is 7.99. The Morgan fingerprint density at radius 1 is 1.03 bits per heavy atom. The van der Waals surface area contributed by atoms with E-state index >= 15 is 0 Å². The average molecular weight is 406 g/mol. The minimum absolute atomic E-state index is 0.0424. The molecule has 4 aromatic rings. The molecule has 0 bridgehead atoms. The van der Waals surface area contributed by atoms with Crippen molar-refractivity contribution in [3.8, 4) is 11.3 Å². The molecule has 0 saturated carbocycles. The largest absolute Gasteiger partial charge is 0.361 e. The Morgan fingerprint density at radius 2 is 1.86 bits per heavy atom. The molecule has 0 saturated heterocycles. The Labute approximate surface area is 171 Å². The maximum atomic E-state index is 13.0. The molecule has 0 spiro atoms. The topological polar surface area (TPSA) is 70.7 Å². The molecular formula is C22H19FN4OS. The van der Waals surface area contributed by atoms with Gasteiger partial charge in [0.25, 0.3) is 0 Å².